The minimum absolute atomic E-state index is 0.0150. The third-order valence-electron chi connectivity index (χ3n) is 5.70. The Bertz CT molecular complexity index is 1410. The molecule has 0 saturated heterocycles. The second-order valence-electron chi connectivity index (χ2n) is 8.23. The largest absolute Gasteiger partial charge is 0.486 e. The van der Waals surface area contributed by atoms with Gasteiger partial charge in [0.25, 0.3) is 10.0 Å². The molecule has 0 aliphatic carbocycles. The second-order valence-corrected chi connectivity index (χ2v) is 10.1. The Morgan fingerprint density at radius 3 is 2.65 bits per heavy atom. The Labute approximate surface area is 212 Å². The van der Waals surface area contributed by atoms with E-state index in [1.807, 2.05) is 6.07 Å². The normalized spacial score (nSPS) is 15.8. The van der Waals surface area contributed by atoms with E-state index in [4.69, 9.17) is 4.74 Å². The maximum Gasteiger partial charge on any atom is 0.416 e. The van der Waals surface area contributed by atoms with Gasteiger partial charge in [-0.15, -0.1) is 0 Å². The van der Waals surface area contributed by atoms with Gasteiger partial charge in [0, 0.05) is 12.6 Å². The number of ether oxygens (including phenoxy) is 2. The number of alkyl halides is 3. The number of benzene rings is 2. The van der Waals surface area contributed by atoms with Crippen LogP contribution in [0.15, 0.2) is 71.8 Å². The number of anilines is 1. The van der Waals surface area contributed by atoms with E-state index in [0.29, 0.717) is 17.3 Å². The predicted octanol–water partition coefficient (Wildman–Crippen LogP) is 5.18. The molecule has 2 aromatic carbocycles. The lowest BCUT2D eigenvalue weighted by Gasteiger charge is -2.35. The van der Waals surface area contributed by atoms with Crippen LogP contribution in [0.3, 0.4) is 0 Å². The maximum atomic E-state index is 13.6. The van der Waals surface area contributed by atoms with Gasteiger partial charge in [0.2, 0.25) is 0 Å². The number of pyridine rings is 1. The van der Waals surface area contributed by atoms with Crippen LogP contribution in [0.2, 0.25) is 0 Å². The number of hydrogen-bond donors (Lipinski definition) is 0. The summed E-state index contributed by atoms with van der Waals surface area (Å²) < 4.78 is 78.8. The lowest BCUT2D eigenvalue weighted by atomic mass is 10.1. The minimum atomic E-state index is -4.71. The van der Waals surface area contributed by atoms with Gasteiger partial charge >= 0.3 is 12.1 Å². The highest BCUT2D eigenvalue weighted by atomic mass is 32.2. The number of carbonyl (C=O) groups excluding carboxylic acids is 1. The quantitative estimate of drug-likeness (QED) is 0.390. The Morgan fingerprint density at radius 2 is 1.95 bits per heavy atom. The molecule has 0 amide bonds. The van der Waals surface area contributed by atoms with Crippen molar-refractivity contribution >= 4 is 33.8 Å². The first kappa shape index (κ1) is 26.2. The molecule has 37 heavy (non-hydrogen) atoms. The van der Waals surface area contributed by atoms with Gasteiger partial charge in [0.05, 0.1) is 35.5 Å². The van der Waals surface area contributed by atoms with Crippen LogP contribution in [0.4, 0.5) is 18.9 Å². The number of rotatable bonds is 7. The first-order valence-electron chi connectivity index (χ1n) is 11.2. The molecule has 0 bridgehead atoms. The zero-order valence-electron chi connectivity index (χ0n) is 19.7. The fourth-order valence-corrected chi connectivity index (χ4v) is 5.35. The van der Waals surface area contributed by atoms with Crippen molar-refractivity contribution in [1.29, 1.82) is 0 Å². The van der Waals surface area contributed by atoms with Crippen molar-refractivity contribution in [3.8, 4) is 5.75 Å². The van der Waals surface area contributed by atoms with Crippen molar-refractivity contribution in [2.45, 2.75) is 30.0 Å². The fourth-order valence-electron chi connectivity index (χ4n) is 3.81. The van der Waals surface area contributed by atoms with Gasteiger partial charge in [0.1, 0.15) is 11.9 Å². The molecule has 0 radical (unpaired) electrons. The SMILES string of the molecule is COC(=O)CCC1CN(S(=O)(=O)c2cccc(C(F)(F)F)c2)c2cc(C=Cc3ccccn3)ccc2O1. The molecule has 0 fully saturated rings. The van der Waals surface area contributed by atoms with Crippen LogP contribution in [0.1, 0.15) is 29.7 Å². The Hall–Kier alpha value is -3.86. The van der Waals surface area contributed by atoms with E-state index in [9.17, 15) is 26.4 Å². The van der Waals surface area contributed by atoms with Crippen molar-refractivity contribution in [1.82, 2.24) is 4.98 Å². The number of aromatic nitrogens is 1. The summed E-state index contributed by atoms with van der Waals surface area (Å²) in [5.41, 5.74) is 0.421. The van der Waals surface area contributed by atoms with E-state index < -0.39 is 38.7 Å². The number of sulfonamides is 1. The predicted molar refractivity (Wildman–Crippen MR) is 131 cm³/mol. The lowest BCUT2D eigenvalue weighted by molar-refractivity contribution is -0.141. The summed E-state index contributed by atoms with van der Waals surface area (Å²) in [5, 5.41) is 0. The average Bonchev–Trinajstić information content (AvgIpc) is 2.90. The summed E-state index contributed by atoms with van der Waals surface area (Å²) in [6.45, 7) is -0.198. The summed E-state index contributed by atoms with van der Waals surface area (Å²) in [6.07, 6.45) is -0.167. The number of hydrogen-bond acceptors (Lipinski definition) is 6. The van der Waals surface area contributed by atoms with E-state index in [-0.39, 0.29) is 30.8 Å². The van der Waals surface area contributed by atoms with Crippen LogP contribution in [-0.2, 0) is 25.7 Å². The van der Waals surface area contributed by atoms with E-state index in [1.54, 1.807) is 48.7 Å². The minimum Gasteiger partial charge on any atom is -0.486 e. The second kappa shape index (κ2) is 10.6. The smallest absolute Gasteiger partial charge is 0.416 e. The van der Waals surface area contributed by atoms with Crippen LogP contribution in [0.25, 0.3) is 12.2 Å². The summed E-state index contributed by atoms with van der Waals surface area (Å²) in [7, 11) is -3.18. The van der Waals surface area contributed by atoms with Crippen molar-refractivity contribution in [3.63, 3.8) is 0 Å². The van der Waals surface area contributed by atoms with Crippen molar-refractivity contribution in [3.05, 3.63) is 83.7 Å². The first-order valence-corrected chi connectivity index (χ1v) is 12.7. The summed E-state index contributed by atoms with van der Waals surface area (Å²) in [5.74, 6) is -0.261. The fraction of sp³-hybridized carbons (Fsp3) is 0.231. The molecule has 0 N–H and O–H groups in total. The maximum absolute atomic E-state index is 13.6. The summed E-state index contributed by atoms with van der Waals surface area (Å²) in [4.78, 5) is 15.3. The van der Waals surface area contributed by atoms with Crippen LogP contribution in [0, 0.1) is 0 Å². The van der Waals surface area contributed by atoms with Gasteiger partial charge < -0.3 is 9.47 Å². The number of fused-ring (bicyclic) bond motifs is 1. The van der Waals surface area contributed by atoms with Crippen LogP contribution in [-0.4, -0.2) is 39.1 Å². The van der Waals surface area contributed by atoms with E-state index in [0.717, 1.165) is 22.5 Å². The highest BCUT2D eigenvalue weighted by molar-refractivity contribution is 7.92. The molecule has 0 saturated carbocycles. The monoisotopic (exact) mass is 532 g/mol. The molecule has 194 valence electrons. The number of esters is 1. The topological polar surface area (TPSA) is 85.8 Å². The molecule has 3 aromatic rings. The van der Waals surface area contributed by atoms with Gasteiger partial charge in [-0.25, -0.2) is 8.42 Å². The summed E-state index contributed by atoms with van der Waals surface area (Å²) >= 11 is 0. The van der Waals surface area contributed by atoms with E-state index in [2.05, 4.69) is 9.72 Å². The van der Waals surface area contributed by atoms with Gasteiger partial charge in [-0.3, -0.25) is 14.1 Å². The zero-order valence-corrected chi connectivity index (χ0v) is 20.5. The molecule has 2 heterocycles. The van der Waals surface area contributed by atoms with Crippen LogP contribution < -0.4 is 9.04 Å². The molecule has 1 aliphatic rings. The van der Waals surface area contributed by atoms with Crippen molar-refractivity contribution < 1.29 is 35.9 Å². The van der Waals surface area contributed by atoms with Gasteiger partial charge in [-0.05, 0) is 60.5 Å². The molecule has 7 nitrogen and oxygen atoms in total. The number of methoxy groups -OCH3 is 1. The summed E-state index contributed by atoms with van der Waals surface area (Å²) in [6, 6.07) is 13.9. The molecular weight excluding hydrogens is 509 g/mol. The van der Waals surface area contributed by atoms with Gasteiger partial charge in [0.15, 0.2) is 0 Å². The average molecular weight is 533 g/mol. The molecule has 4 rings (SSSR count). The molecular formula is C26H23F3N2O5S. The van der Waals surface area contributed by atoms with Gasteiger partial charge in [-0.2, -0.15) is 13.2 Å². The van der Waals surface area contributed by atoms with Crippen LogP contribution >= 0.6 is 0 Å². The number of carbonyl (C=O) groups is 1. The molecule has 0 spiro atoms. The molecule has 11 heteroatoms. The van der Waals surface area contributed by atoms with Crippen LogP contribution in [0.5, 0.6) is 5.75 Å². The van der Waals surface area contributed by atoms with Crippen molar-refractivity contribution in [2.24, 2.45) is 0 Å². The third-order valence-corrected chi connectivity index (χ3v) is 7.47. The lowest BCUT2D eigenvalue weighted by Crippen LogP contribution is -2.43. The van der Waals surface area contributed by atoms with E-state index in [1.165, 1.54) is 7.11 Å². The zero-order chi connectivity index (χ0) is 26.6. The standard InChI is InChI=1S/C26H23F3N2O5S/c1-35-25(32)13-11-21-17-31(37(33,34)22-7-4-5-19(16-22)26(27,28)29)23-15-18(9-12-24(23)36-21)8-10-20-6-2-3-14-30-20/h2-10,12,14-16,21H,11,13,17H2,1H3. The Morgan fingerprint density at radius 1 is 1.14 bits per heavy atom. The van der Waals surface area contributed by atoms with E-state index >= 15 is 0 Å². The Balaban J connectivity index is 1.73. The molecule has 1 aromatic heterocycles. The molecule has 1 aliphatic heterocycles. The number of nitrogens with zero attached hydrogens (tertiary/aromatic N) is 2. The number of halogens is 3. The molecule has 1 unspecified atom stereocenters. The van der Waals surface area contributed by atoms with Gasteiger partial charge in [-0.1, -0.05) is 24.3 Å². The first-order chi connectivity index (χ1) is 17.6. The highest BCUT2D eigenvalue weighted by Gasteiger charge is 2.37. The third kappa shape index (κ3) is 6.11. The highest BCUT2D eigenvalue weighted by Crippen LogP contribution is 2.40. The van der Waals surface area contributed by atoms with Crippen molar-refractivity contribution in [2.75, 3.05) is 18.0 Å². The molecule has 1 atom stereocenters. The Kier molecular flexibility index (Phi) is 7.53.